The molecule has 32 heavy (non-hydrogen) atoms. The summed E-state index contributed by atoms with van der Waals surface area (Å²) in [5.41, 5.74) is 5.59. The van der Waals surface area contributed by atoms with Gasteiger partial charge in [0.15, 0.2) is 5.82 Å². The van der Waals surface area contributed by atoms with Gasteiger partial charge in [0.2, 0.25) is 0 Å². The van der Waals surface area contributed by atoms with Crippen LogP contribution in [0.5, 0.6) is 0 Å². The molecule has 2 fully saturated rings. The summed E-state index contributed by atoms with van der Waals surface area (Å²) in [5, 5.41) is 4.04. The summed E-state index contributed by atoms with van der Waals surface area (Å²) in [4.78, 5) is 29.3. The normalized spacial score (nSPS) is 17.7. The monoisotopic (exact) mass is 441 g/mol. The van der Waals surface area contributed by atoms with E-state index < -0.39 is 5.82 Å². The number of hydrogen-bond acceptors (Lipinski definition) is 6. The molecule has 1 amide bonds. The van der Waals surface area contributed by atoms with Crippen molar-refractivity contribution in [3.05, 3.63) is 35.4 Å². The molecule has 0 radical (unpaired) electrons. The van der Waals surface area contributed by atoms with Gasteiger partial charge in [-0.1, -0.05) is 19.0 Å². The third-order valence-electron chi connectivity index (χ3n) is 5.79. The largest absolute Gasteiger partial charge is 0.390 e. The molecule has 9 nitrogen and oxygen atoms in total. The maximum atomic E-state index is 14.5. The predicted molar refractivity (Wildman–Crippen MR) is 120 cm³/mol. The highest BCUT2D eigenvalue weighted by atomic mass is 19.1. The molecule has 4 rings (SSSR count). The third-order valence-corrected chi connectivity index (χ3v) is 5.79. The first-order chi connectivity index (χ1) is 15.5. The van der Waals surface area contributed by atoms with Crippen LogP contribution in [0.2, 0.25) is 0 Å². The van der Waals surface area contributed by atoms with E-state index in [1.807, 2.05) is 18.7 Å². The van der Waals surface area contributed by atoms with Crippen LogP contribution in [0.3, 0.4) is 0 Å². The molecule has 1 saturated carbocycles. The fourth-order valence-corrected chi connectivity index (χ4v) is 3.93. The van der Waals surface area contributed by atoms with Crippen molar-refractivity contribution in [2.75, 3.05) is 18.0 Å². The molecule has 2 aliphatic rings. The van der Waals surface area contributed by atoms with E-state index in [4.69, 9.17) is 10.3 Å². The quantitative estimate of drug-likeness (QED) is 0.521. The minimum atomic E-state index is -0.567. The standard InChI is InChI=1S/C22H28FN7O2/c1-14(2)20-27-22(32-28-20)29-9-7-17(8-10-29)30(16-4-5-16)21(31)15-3-6-19(18(23)11-15)26-13-25-12-24/h3,6,11-14,16-17H,4-5,7-10H2,1-2H3,(H2,24,25,26). The van der Waals surface area contributed by atoms with E-state index >= 15 is 0 Å². The number of anilines is 1. The van der Waals surface area contributed by atoms with Gasteiger partial charge in [0.1, 0.15) is 17.8 Å². The van der Waals surface area contributed by atoms with Gasteiger partial charge in [0, 0.05) is 36.7 Å². The maximum Gasteiger partial charge on any atom is 0.324 e. The Hall–Kier alpha value is -3.30. The van der Waals surface area contributed by atoms with E-state index in [9.17, 15) is 9.18 Å². The van der Waals surface area contributed by atoms with Crippen LogP contribution in [-0.4, -0.2) is 58.8 Å². The van der Waals surface area contributed by atoms with Crippen molar-refractivity contribution in [3.8, 4) is 0 Å². The summed E-state index contributed by atoms with van der Waals surface area (Å²) in [6, 6.07) is 5.19. The van der Waals surface area contributed by atoms with Gasteiger partial charge in [-0.3, -0.25) is 4.79 Å². The van der Waals surface area contributed by atoms with Crippen molar-refractivity contribution in [1.82, 2.24) is 15.0 Å². The molecule has 10 heteroatoms. The van der Waals surface area contributed by atoms with Crippen LogP contribution < -0.4 is 10.6 Å². The second-order valence-corrected chi connectivity index (χ2v) is 8.46. The Morgan fingerprint density at radius 1 is 1.28 bits per heavy atom. The van der Waals surface area contributed by atoms with Crippen LogP contribution in [0.15, 0.2) is 32.7 Å². The molecular formula is C22H28FN7O2. The molecule has 0 spiro atoms. The molecule has 0 bridgehead atoms. The van der Waals surface area contributed by atoms with Gasteiger partial charge < -0.3 is 20.1 Å². The highest BCUT2D eigenvalue weighted by Crippen LogP contribution is 2.34. The van der Waals surface area contributed by atoms with Crippen LogP contribution >= 0.6 is 0 Å². The van der Waals surface area contributed by atoms with Crippen LogP contribution in [-0.2, 0) is 0 Å². The van der Waals surface area contributed by atoms with Gasteiger partial charge in [-0.2, -0.15) is 4.98 Å². The molecular weight excluding hydrogens is 413 g/mol. The van der Waals surface area contributed by atoms with Gasteiger partial charge in [-0.05, 0) is 43.9 Å². The van der Waals surface area contributed by atoms with Gasteiger partial charge in [0.05, 0.1) is 6.34 Å². The second-order valence-electron chi connectivity index (χ2n) is 8.46. The number of carbonyl (C=O) groups excluding carboxylic acids is 1. The van der Waals surface area contributed by atoms with E-state index in [-0.39, 0.29) is 29.6 Å². The number of halogens is 1. The molecule has 1 aliphatic carbocycles. The fraction of sp³-hybridized carbons (Fsp3) is 0.500. The summed E-state index contributed by atoms with van der Waals surface area (Å²) in [6.07, 6.45) is 5.79. The first-order valence-corrected chi connectivity index (χ1v) is 10.9. The molecule has 2 heterocycles. The topological polar surface area (TPSA) is 113 Å². The zero-order valence-electron chi connectivity index (χ0n) is 18.3. The van der Waals surface area contributed by atoms with Gasteiger partial charge in [-0.25, -0.2) is 14.4 Å². The number of nitrogens with zero attached hydrogens (tertiary/aromatic N) is 6. The van der Waals surface area contributed by atoms with Crippen molar-refractivity contribution in [1.29, 1.82) is 0 Å². The first-order valence-electron chi connectivity index (χ1n) is 10.9. The maximum absolute atomic E-state index is 14.5. The third kappa shape index (κ3) is 4.79. The summed E-state index contributed by atoms with van der Waals surface area (Å²) in [5.74, 6) is 0.197. The molecule has 0 unspecified atom stereocenters. The zero-order chi connectivity index (χ0) is 22.7. The van der Waals surface area contributed by atoms with Gasteiger partial charge in [0.25, 0.3) is 5.91 Å². The lowest BCUT2D eigenvalue weighted by molar-refractivity contribution is 0.0629. The summed E-state index contributed by atoms with van der Waals surface area (Å²) >= 11 is 0. The lowest BCUT2D eigenvalue weighted by Gasteiger charge is -2.38. The first kappa shape index (κ1) is 21.9. The summed E-state index contributed by atoms with van der Waals surface area (Å²) in [7, 11) is 0. The van der Waals surface area contributed by atoms with Crippen molar-refractivity contribution in [3.63, 3.8) is 0 Å². The van der Waals surface area contributed by atoms with Crippen LogP contribution in [0.1, 0.15) is 61.6 Å². The highest BCUT2D eigenvalue weighted by Gasteiger charge is 2.39. The molecule has 1 saturated heterocycles. The number of piperidine rings is 1. The molecule has 2 N–H and O–H groups in total. The number of benzene rings is 1. The molecule has 1 aromatic heterocycles. The molecule has 1 aromatic carbocycles. The molecule has 170 valence electrons. The molecule has 1 aliphatic heterocycles. The number of aromatic nitrogens is 2. The zero-order valence-corrected chi connectivity index (χ0v) is 18.3. The van der Waals surface area contributed by atoms with E-state index in [0.29, 0.717) is 17.4 Å². The Morgan fingerprint density at radius 3 is 2.59 bits per heavy atom. The summed E-state index contributed by atoms with van der Waals surface area (Å²) < 4.78 is 19.9. The number of amides is 1. The van der Waals surface area contributed by atoms with Crippen molar-refractivity contribution in [2.24, 2.45) is 15.7 Å². The Bertz CT molecular complexity index is 1010. The number of aliphatic imine (C=N–C) groups is 2. The number of carbonyl (C=O) groups is 1. The Labute approximate surface area is 186 Å². The number of hydrogen-bond donors (Lipinski definition) is 1. The summed E-state index contributed by atoms with van der Waals surface area (Å²) in [6.45, 7) is 5.50. The van der Waals surface area contributed by atoms with E-state index in [1.165, 1.54) is 12.1 Å². The van der Waals surface area contributed by atoms with E-state index in [2.05, 4.69) is 25.0 Å². The number of rotatable bonds is 7. The van der Waals surface area contributed by atoms with Gasteiger partial charge in [-0.15, -0.1) is 0 Å². The smallest absolute Gasteiger partial charge is 0.324 e. The second kappa shape index (κ2) is 9.46. The fourth-order valence-electron chi connectivity index (χ4n) is 3.93. The Kier molecular flexibility index (Phi) is 6.48. The van der Waals surface area contributed by atoms with Crippen LogP contribution in [0, 0.1) is 5.82 Å². The highest BCUT2D eigenvalue weighted by molar-refractivity contribution is 5.95. The average Bonchev–Trinajstić information content (AvgIpc) is 3.49. The van der Waals surface area contributed by atoms with E-state index in [1.54, 1.807) is 6.07 Å². The lowest BCUT2D eigenvalue weighted by atomic mass is 10.0. The Balaban J connectivity index is 1.44. The van der Waals surface area contributed by atoms with Crippen LogP contribution in [0.4, 0.5) is 16.1 Å². The Morgan fingerprint density at radius 2 is 2.00 bits per heavy atom. The van der Waals surface area contributed by atoms with Crippen molar-refractivity contribution < 1.29 is 13.7 Å². The number of nitrogens with two attached hydrogens (primary N) is 1. The minimum absolute atomic E-state index is 0.0957. The molecule has 2 aromatic rings. The van der Waals surface area contributed by atoms with E-state index in [0.717, 1.165) is 51.4 Å². The van der Waals surface area contributed by atoms with Gasteiger partial charge >= 0.3 is 6.01 Å². The SMILES string of the molecule is CC(C)c1noc(N2CCC(N(C(=O)c3ccc(N=CN=CN)c(F)c3)C3CC3)CC2)n1. The van der Waals surface area contributed by atoms with Crippen molar-refractivity contribution >= 4 is 30.3 Å². The lowest BCUT2D eigenvalue weighted by Crippen LogP contribution is -2.48. The van der Waals surface area contributed by atoms with Crippen LogP contribution in [0.25, 0.3) is 0 Å². The average molecular weight is 442 g/mol. The van der Waals surface area contributed by atoms with Crippen molar-refractivity contribution in [2.45, 2.75) is 57.5 Å². The minimum Gasteiger partial charge on any atom is -0.390 e. The predicted octanol–water partition coefficient (Wildman–Crippen LogP) is 3.25. The molecule has 0 atom stereocenters.